The van der Waals surface area contributed by atoms with Crippen LogP contribution >= 0.6 is 0 Å². The summed E-state index contributed by atoms with van der Waals surface area (Å²) in [7, 11) is 2.03. The van der Waals surface area contributed by atoms with E-state index in [1.165, 1.54) is 29.2 Å². The van der Waals surface area contributed by atoms with Crippen molar-refractivity contribution in [3.8, 4) is 0 Å². The van der Waals surface area contributed by atoms with E-state index >= 15 is 0 Å². The maximum absolute atomic E-state index is 6.03. The Morgan fingerprint density at radius 1 is 1.21 bits per heavy atom. The summed E-state index contributed by atoms with van der Waals surface area (Å²) in [6.45, 7) is 0.643. The number of hydrogen-bond acceptors (Lipinski definition) is 1. The SMILES string of the molecule is CN(C(N)=NCc1cccc2ccccc12)C1CC1. The molecule has 0 aromatic heterocycles. The van der Waals surface area contributed by atoms with Crippen molar-refractivity contribution in [2.75, 3.05) is 7.05 Å². The minimum Gasteiger partial charge on any atom is -0.370 e. The topological polar surface area (TPSA) is 41.6 Å². The summed E-state index contributed by atoms with van der Waals surface area (Å²) in [6.07, 6.45) is 2.47. The third-order valence-electron chi connectivity index (χ3n) is 3.75. The van der Waals surface area contributed by atoms with Gasteiger partial charge in [-0.1, -0.05) is 42.5 Å². The van der Waals surface area contributed by atoms with Crippen LogP contribution < -0.4 is 5.73 Å². The summed E-state index contributed by atoms with van der Waals surface area (Å²) < 4.78 is 0. The van der Waals surface area contributed by atoms with Gasteiger partial charge in [-0.05, 0) is 29.2 Å². The fourth-order valence-electron chi connectivity index (χ4n) is 2.36. The Labute approximate surface area is 113 Å². The molecule has 0 saturated heterocycles. The Morgan fingerprint density at radius 2 is 1.95 bits per heavy atom. The Balaban J connectivity index is 1.83. The molecule has 1 fully saturated rings. The molecular weight excluding hydrogens is 234 g/mol. The number of nitrogens with zero attached hydrogens (tertiary/aromatic N) is 2. The van der Waals surface area contributed by atoms with E-state index in [1.54, 1.807) is 0 Å². The maximum Gasteiger partial charge on any atom is 0.191 e. The number of guanidine groups is 1. The standard InChI is InChI=1S/C16H19N3/c1-19(14-9-10-14)16(17)18-11-13-7-4-6-12-5-2-3-8-15(12)13/h2-8,14H,9-11H2,1H3,(H2,17,18). The van der Waals surface area contributed by atoms with Crippen LogP contribution in [0.1, 0.15) is 18.4 Å². The van der Waals surface area contributed by atoms with Crippen LogP contribution in [0.2, 0.25) is 0 Å². The molecule has 1 aliphatic carbocycles. The first kappa shape index (κ1) is 12.0. The zero-order valence-corrected chi connectivity index (χ0v) is 11.2. The van der Waals surface area contributed by atoms with Crippen LogP contribution in [0.25, 0.3) is 10.8 Å². The summed E-state index contributed by atoms with van der Waals surface area (Å²) in [4.78, 5) is 6.61. The Bertz CT molecular complexity index is 609. The van der Waals surface area contributed by atoms with Crippen molar-refractivity contribution in [2.24, 2.45) is 10.7 Å². The Kier molecular flexibility index (Phi) is 3.11. The zero-order chi connectivity index (χ0) is 13.2. The first-order chi connectivity index (χ1) is 9.25. The van der Waals surface area contributed by atoms with Gasteiger partial charge in [-0.2, -0.15) is 0 Å². The van der Waals surface area contributed by atoms with Crippen molar-refractivity contribution in [2.45, 2.75) is 25.4 Å². The van der Waals surface area contributed by atoms with E-state index in [-0.39, 0.29) is 0 Å². The summed E-state index contributed by atoms with van der Waals surface area (Å²) in [5, 5.41) is 2.51. The molecule has 0 atom stereocenters. The highest BCUT2D eigenvalue weighted by Crippen LogP contribution is 2.25. The van der Waals surface area contributed by atoms with E-state index in [0.717, 1.165) is 0 Å². The second-order valence-electron chi connectivity index (χ2n) is 5.15. The number of benzene rings is 2. The van der Waals surface area contributed by atoms with Crippen LogP contribution in [0.15, 0.2) is 47.5 Å². The van der Waals surface area contributed by atoms with Crippen molar-refractivity contribution in [1.82, 2.24) is 4.90 Å². The monoisotopic (exact) mass is 253 g/mol. The molecule has 0 spiro atoms. The summed E-state index contributed by atoms with van der Waals surface area (Å²) in [5.74, 6) is 0.649. The first-order valence-corrected chi connectivity index (χ1v) is 6.75. The van der Waals surface area contributed by atoms with E-state index < -0.39 is 0 Å². The normalized spacial score (nSPS) is 15.7. The fourth-order valence-corrected chi connectivity index (χ4v) is 2.36. The average molecular weight is 253 g/mol. The average Bonchev–Trinajstić information content (AvgIpc) is 3.28. The molecular formula is C16H19N3. The van der Waals surface area contributed by atoms with E-state index in [2.05, 4.69) is 52.4 Å². The lowest BCUT2D eigenvalue weighted by molar-refractivity contribution is 0.487. The minimum absolute atomic E-state index is 0.608. The van der Waals surface area contributed by atoms with Crippen LogP contribution in [0.5, 0.6) is 0 Å². The molecule has 3 heteroatoms. The lowest BCUT2D eigenvalue weighted by atomic mass is 10.1. The Hall–Kier alpha value is -2.03. The second-order valence-corrected chi connectivity index (χ2v) is 5.15. The number of hydrogen-bond donors (Lipinski definition) is 1. The zero-order valence-electron chi connectivity index (χ0n) is 11.2. The quantitative estimate of drug-likeness (QED) is 0.675. The summed E-state index contributed by atoms with van der Waals surface area (Å²) >= 11 is 0. The van der Waals surface area contributed by atoms with Gasteiger partial charge in [0.15, 0.2) is 5.96 Å². The van der Waals surface area contributed by atoms with Crippen molar-refractivity contribution in [3.63, 3.8) is 0 Å². The molecule has 0 aliphatic heterocycles. The number of nitrogens with two attached hydrogens (primary N) is 1. The van der Waals surface area contributed by atoms with Gasteiger partial charge in [0.1, 0.15) is 0 Å². The molecule has 0 radical (unpaired) electrons. The predicted molar refractivity (Wildman–Crippen MR) is 80.1 cm³/mol. The van der Waals surface area contributed by atoms with Gasteiger partial charge in [0.25, 0.3) is 0 Å². The third kappa shape index (κ3) is 2.55. The van der Waals surface area contributed by atoms with Crippen molar-refractivity contribution < 1.29 is 0 Å². The highest BCUT2D eigenvalue weighted by Gasteiger charge is 2.27. The van der Waals surface area contributed by atoms with Gasteiger partial charge in [0.05, 0.1) is 6.54 Å². The van der Waals surface area contributed by atoms with Gasteiger partial charge >= 0.3 is 0 Å². The van der Waals surface area contributed by atoms with Crippen LogP contribution in [-0.2, 0) is 6.54 Å². The van der Waals surface area contributed by atoms with Gasteiger partial charge in [0, 0.05) is 13.1 Å². The van der Waals surface area contributed by atoms with E-state index in [0.29, 0.717) is 18.5 Å². The van der Waals surface area contributed by atoms with Crippen LogP contribution in [0, 0.1) is 0 Å². The van der Waals surface area contributed by atoms with Gasteiger partial charge in [-0.15, -0.1) is 0 Å². The smallest absolute Gasteiger partial charge is 0.191 e. The molecule has 3 rings (SSSR count). The van der Waals surface area contributed by atoms with Crippen molar-refractivity contribution in [3.05, 3.63) is 48.0 Å². The Morgan fingerprint density at radius 3 is 2.74 bits per heavy atom. The number of aliphatic imine (C=N–C) groups is 1. The molecule has 19 heavy (non-hydrogen) atoms. The first-order valence-electron chi connectivity index (χ1n) is 6.75. The molecule has 2 N–H and O–H groups in total. The van der Waals surface area contributed by atoms with E-state index in [9.17, 15) is 0 Å². The molecule has 1 saturated carbocycles. The molecule has 1 aliphatic rings. The van der Waals surface area contributed by atoms with E-state index in [4.69, 9.17) is 5.73 Å². The highest BCUT2D eigenvalue weighted by atomic mass is 15.3. The maximum atomic E-state index is 6.03. The van der Waals surface area contributed by atoms with Gasteiger partial charge < -0.3 is 10.6 Å². The molecule has 0 bridgehead atoms. The summed E-state index contributed by atoms with van der Waals surface area (Å²) in [5.41, 5.74) is 7.25. The van der Waals surface area contributed by atoms with Crippen molar-refractivity contribution >= 4 is 16.7 Å². The third-order valence-corrected chi connectivity index (χ3v) is 3.75. The number of fused-ring (bicyclic) bond motifs is 1. The molecule has 0 amide bonds. The molecule has 0 unspecified atom stereocenters. The van der Waals surface area contributed by atoms with Gasteiger partial charge in [-0.3, -0.25) is 0 Å². The van der Waals surface area contributed by atoms with Gasteiger partial charge in [0.2, 0.25) is 0 Å². The van der Waals surface area contributed by atoms with Gasteiger partial charge in [-0.25, -0.2) is 4.99 Å². The van der Waals surface area contributed by atoms with Crippen LogP contribution in [0.3, 0.4) is 0 Å². The fraction of sp³-hybridized carbons (Fsp3) is 0.312. The summed E-state index contributed by atoms with van der Waals surface area (Å²) in [6, 6.07) is 15.3. The molecule has 98 valence electrons. The largest absolute Gasteiger partial charge is 0.370 e. The predicted octanol–water partition coefficient (Wildman–Crippen LogP) is 2.75. The molecule has 3 nitrogen and oxygen atoms in total. The highest BCUT2D eigenvalue weighted by molar-refractivity contribution is 5.86. The minimum atomic E-state index is 0.608. The second kappa shape index (κ2) is 4.92. The van der Waals surface area contributed by atoms with Crippen LogP contribution in [-0.4, -0.2) is 23.9 Å². The van der Waals surface area contributed by atoms with Crippen molar-refractivity contribution in [1.29, 1.82) is 0 Å². The molecule has 2 aromatic carbocycles. The van der Waals surface area contributed by atoms with Crippen LogP contribution in [0.4, 0.5) is 0 Å². The lowest BCUT2D eigenvalue weighted by Crippen LogP contribution is -2.35. The number of rotatable bonds is 3. The van der Waals surface area contributed by atoms with E-state index in [1.807, 2.05) is 7.05 Å². The molecule has 0 heterocycles. The lowest BCUT2D eigenvalue weighted by Gasteiger charge is -2.17. The molecule has 2 aromatic rings.